The van der Waals surface area contributed by atoms with Crippen molar-refractivity contribution in [2.24, 2.45) is 0 Å². The minimum Gasteiger partial charge on any atom is -0.316 e. The molecule has 1 aliphatic carbocycles. The summed E-state index contributed by atoms with van der Waals surface area (Å²) < 4.78 is 0. The second kappa shape index (κ2) is 7.43. The highest BCUT2D eigenvalue weighted by Crippen LogP contribution is 2.27. The number of imide groups is 2. The third-order valence-electron chi connectivity index (χ3n) is 5.53. The van der Waals surface area contributed by atoms with Crippen LogP contribution in [0.3, 0.4) is 0 Å². The first-order valence-corrected chi connectivity index (χ1v) is 9.78. The van der Waals surface area contributed by atoms with E-state index in [-0.39, 0.29) is 18.1 Å². The molecule has 6 nitrogen and oxygen atoms in total. The predicted octanol–water partition coefficient (Wildman–Crippen LogP) is 1.69. The standard InChI is InChI=1S/C21H29N3O3/c1-21(2,3)16-11-9-15(10-12-16)13-22(4)14-23-18(25)19(26)24(20(23)27)17-7-5-6-8-17/h9-12,17H,5-8,13-14H2,1-4H3/p+1. The molecule has 2 aliphatic rings. The monoisotopic (exact) mass is 372 g/mol. The molecule has 1 N–H and O–H groups in total. The van der Waals surface area contributed by atoms with Crippen LogP contribution >= 0.6 is 0 Å². The van der Waals surface area contributed by atoms with Gasteiger partial charge in [-0.2, -0.15) is 0 Å². The van der Waals surface area contributed by atoms with E-state index in [4.69, 9.17) is 0 Å². The smallest absolute Gasteiger partial charge is 0.316 e. The van der Waals surface area contributed by atoms with E-state index in [1.165, 1.54) is 10.5 Å². The van der Waals surface area contributed by atoms with Gasteiger partial charge in [0.2, 0.25) is 0 Å². The summed E-state index contributed by atoms with van der Waals surface area (Å²) in [5, 5.41) is 0. The maximum Gasteiger partial charge on any atom is 0.338 e. The molecule has 1 unspecified atom stereocenters. The van der Waals surface area contributed by atoms with Gasteiger partial charge in [-0.15, -0.1) is 0 Å². The Bertz CT molecular complexity index is 730. The topological polar surface area (TPSA) is 62.1 Å². The van der Waals surface area contributed by atoms with Gasteiger partial charge in [0.15, 0.2) is 6.67 Å². The number of hydrogen-bond donors (Lipinski definition) is 1. The fourth-order valence-electron chi connectivity index (χ4n) is 3.94. The Hall–Kier alpha value is -2.21. The maximum absolute atomic E-state index is 12.7. The van der Waals surface area contributed by atoms with Gasteiger partial charge in [-0.1, -0.05) is 57.9 Å². The van der Waals surface area contributed by atoms with Crippen LogP contribution in [0, 0.1) is 0 Å². The highest BCUT2D eigenvalue weighted by atomic mass is 16.2. The first-order valence-electron chi connectivity index (χ1n) is 9.78. The molecule has 1 saturated heterocycles. The van der Waals surface area contributed by atoms with E-state index in [1.54, 1.807) is 0 Å². The highest BCUT2D eigenvalue weighted by molar-refractivity contribution is 6.44. The minimum atomic E-state index is -0.686. The second-order valence-corrected chi connectivity index (χ2v) is 8.87. The molecule has 1 aromatic rings. The van der Waals surface area contributed by atoms with Crippen LogP contribution in [0.2, 0.25) is 0 Å². The Kier molecular flexibility index (Phi) is 5.38. The van der Waals surface area contributed by atoms with Gasteiger partial charge in [0.25, 0.3) is 0 Å². The van der Waals surface area contributed by atoms with Crippen LogP contribution in [0.5, 0.6) is 0 Å². The van der Waals surface area contributed by atoms with Crippen LogP contribution in [0.15, 0.2) is 24.3 Å². The van der Waals surface area contributed by atoms with E-state index in [2.05, 4.69) is 45.0 Å². The third kappa shape index (κ3) is 4.05. The van der Waals surface area contributed by atoms with Gasteiger partial charge in [0.1, 0.15) is 6.54 Å². The van der Waals surface area contributed by atoms with Gasteiger partial charge in [-0.3, -0.25) is 14.5 Å². The lowest BCUT2D eigenvalue weighted by atomic mass is 9.87. The number of nitrogens with zero attached hydrogens (tertiary/aromatic N) is 2. The Morgan fingerprint density at radius 1 is 1.00 bits per heavy atom. The predicted molar refractivity (Wildman–Crippen MR) is 102 cm³/mol. The molecule has 4 amide bonds. The van der Waals surface area contributed by atoms with Crippen molar-refractivity contribution in [3.05, 3.63) is 35.4 Å². The molecule has 1 heterocycles. The molecule has 6 heteroatoms. The molecular weight excluding hydrogens is 342 g/mol. The maximum atomic E-state index is 12.7. The highest BCUT2D eigenvalue weighted by Gasteiger charge is 2.49. The average Bonchev–Trinajstić information content (AvgIpc) is 3.18. The van der Waals surface area contributed by atoms with Crippen LogP contribution in [0.4, 0.5) is 4.79 Å². The van der Waals surface area contributed by atoms with E-state index < -0.39 is 17.8 Å². The fourth-order valence-corrected chi connectivity index (χ4v) is 3.94. The summed E-state index contributed by atoms with van der Waals surface area (Å²) in [6.45, 7) is 7.41. The summed E-state index contributed by atoms with van der Waals surface area (Å²) in [5.41, 5.74) is 2.51. The normalized spacial score (nSPS) is 20.1. The molecule has 1 aliphatic heterocycles. The van der Waals surface area contributed by atoms with Crippen molar-refractivity contribution in [1.29, 1.82) is 0 Å². The van der Waals surface area contributed by atoms with Gasteiger partial charge >= 0.3 is 17.8 Å². The first kappa shape index (κ1) is 19.5. The fraction of sp³-hybridized carbons (Fsp3) is 0.571. The van der Waals surface area contributed by atoms with Gasteiger partial charge < -0.3 is 4.90 Å². The van der Waals surface area contributed by atoms with Crippen molar-refractivity contribution < 1.29 is 19.3 Å². The van der Waals surface area contributed by atoms with Crippen molar-refractivity contribution in [1.82, 2.24) is 9.80 Å². The van der Waals surface area contributed by atoms with E-state index in [0.29, 0.717) is 6.54 Å². The molecule has 146 valence electrons. The number of carbonyl (C=O) groups excluding carboxylic acids is 3. The lowest BCUT2D eigenvalue weighted by molar-refractivity contribution is -0.901. The van der Waals surface area contributed by atoms with Crippen molar-refractivity contribution in [2.75, 3.05) is 13.7 Å². The van der Waals surface area contributed by atoms with Gasteiger partial charge in [0, 0.05) is 11.6 Å². The van der Waals surface area contributed by atoms with E-state index in [1.807, 2.05) is 7.05 Å². The summed E-state index contributed by atoms with van der Waals surface area (Å²) in [5.74, 6) is -1.34. The van der Waals surface area contributed by atoms with Gasteiger partial charge in [-0.25, -0.2) is 9.69 Å². The summed E-state index contributed by atoms with van der Waals surface area (Å²) in [4.78, 5) is 40.6. The van der Waals surface area contributed by atoms with Crippen LogP contribution in [-0.4, -0.2) is 47.4 Å². The molecule has 0 bridgehead atoms. The minimum absolute atomic E-state index is 0.107. The lowest BCUT2D eigenvalue weighted by Gasteiger charge is -2.23. The summed E-state index contributed by atoms with van der Waals surface area (Å²) in [6.07, 6.45) is 3.63. The number of hydrogen-bond acceptors (Lipinski definition) is 3. The van der Waals surface area contributed by atoms with E-state index in [9.17, 15) is 14.4 Å². The molecule has 0 spiro atoms. The zero-order chi connectivity index (χ0) is 19.8. The quantitative estimate of drug-likeness (QED) is 0.632. The first-order chi connectivity index (χ1) is 12.7. The molecule has 1 aromatic carbocycles. The lowest BCUT2D eigenvalue weighted by Crippen LogP contribution is -3.09. The molecule has 2 fully saturated rings. The summed E-state index contributed by atoms with van der Waals surface area (Å²) in [6, 6.07) is 7.88. The van der Waals surface area contributed by atoms with Crippen LogP contribution < -0.4 is 4.90 Å². The number of amides is 4. The van der Waals surface area contributed by atoms with Crippen molar-refractivity contribution >= 4 is 17.8 Å². The second-order valence-electron chi connectivity index (χ2n) is 8.87. The molecule has 0 radical (unpaired) electrons. The SMILES string of the molecule is C[NH+](Cc1ccc(C(C)(C)C)cc1)CN1C(=O)C(=O)N(C2CCCC2)C1=O. The van der Waals surface area contributed by atoms with Crippen LogP contribution in [0.25, 0.3) is 0 Å². The van der Waals surface area contributed by atoms with E-state index in [0.717, 1.165) is 41.0 Å². The Labute approximate surface area is 161 Å². The molecular formula is C21H30N3O3+. The van der Waals surface area contributed by atoms with Crippen LogP contribution in [-0.2, 0) is 21.5 Å². The zero-order valence-corrected chi connectivity index (χ0v) is 16.7. The average molecular weight is 372 g/mol. The van der Waals surface area contributed by atoms with E-state index >= 15 is 0 Å². The Balaban J connectivity index is 1.63. The van der Waals surface area contributed by atoms with Crippen molar-refractivity contribution in [2.45, 2.75) is 64.5 Å². The zero-order valence-electron chi connectivity index (χ0n) is 16.7. The number of carbonyl (C=O) groups is 3. The largest absolute Gasteiger partial charge is 0.338 e. The molecule has 27 heavy (non-hydrogen) atoms. The number of nitrogens with one attached hydrogen (secondary N) is 1. The van der Waals surface area contributed by atoms with Gasteiger partial charge in [0.05, 0.1) is 7.05 Å². The van der Waals surface area contributed by atoms with Gasteiger partial charge in [-0.05, 0) is 23.8 Å². The van der Waals surface area contributed by atoms with Crippen LogP contribution in [0.1, 0.15) is 57.6 Å². The molecule has 1 atom stereocenters. The Morgan fingerprint density at radius 2 is 1.59 bits per heavy atom. The number of rotatable bonds is 5. The molecule has 3 rings (SSSR count). The van der Waals surface area contributed by atoms with Crippen molar-refractivity contribution in [3.63, 3.8) is 0 Å². The summed E-state index contributed by atoms with van der Waals surface area (Å²) in [7, 11) is 1.93. The number of benzene rings is 1. The number of quaternary nitrogens is 1. The molecule has 0 aromatic heterocycles. The van der Waals surface area contributed by atoms with Crippen molar-refractivity contribution in [3.8, 4) is 0 Å². The number of urea groups is 1. The molecule has 1 saturated carbocycles. The summed E-state index contributed by atoms with van der Waals surface area (Å²) >= 11 is 0. The third-order valence-corrected chi connectivity index (χ3v) is 5.53. The Morgan fingerprint density at radius 3 is 2.15 bits per heavy atom.